The summed E-state index contributed by atoms with van der Waals surface area (Å²) in [7, 11) is 0. The Bertz CT molecular complexity index is 424. The third-order valence-electron chi connectivity index (χ3n) is 2.49. The Morgan fingerprint density at radius 1 is 1.58 bits per heavy atom. The summed E-state index contributed by atoms with van der Waals surface area (Å²) in [4.78, 5) is 16.0. The molecule has 0 aliphatic rings. The third-order valence-corrected chi connectivity index (χ3v) is 3.54. The number of amides is 1. The number of thiazole rings is 1. The molecule has 0 bridgehead atoms. The molecular weight excluding hydrogens is 262 g/mol. The van der Waals surface area contributed by atoms with Crippen LogP contribution < -0.4 is 11.1 Å². The lowest BCUT2D eigenvalue weighted by Gasteiger charge is -2.22. The number of aliphatic hydroxyl groups excluding tert-OH is 1. The molecule has 2 unspecified atom stereocenters. The molecule has 0 saturated heterocycles. The second kappa shape index (κ2) is 6.45. The van der Waals surface area contributed by atoms with E-state index in [4.69, 9.17) is 5.73 Å². The average molecular weight is 285 g/mol. The highest BCUT2D eigenvalue weighted by Gasteiger charge is 2.18. The third kappa shape index (κ3) is 5.67. The van der Waals surface area contributed by atoms with E-state index in [1.165, 1.54) is 11.3 Å². The number of carbonyl (C=O) groups is 1. The van der Waals surface area contributed by atoms with Gasteiger partial charge in [-0.15, -0.1) is 11.3 Å². The summed E-state index contributed by atoms with van der Waals surface area (Å²) >= 11 is 1.37. The first kappa shape index (κ1) is 16.1. The largest absolute Gasteiger partial charge is 0.391 e. The number of nitrogens with zero attached hydrogens (tertiary/aromatic N) is 1. The molecule has 1 amide bonds. The number of carbonyl (C=O) groups excluding carboxylic acids is 1. The van der Waals surface area contributed by atoms with E-state index < -0.39 is 6.10 Å². The van der Waals surface area contributed by atoms with Gasteiger partial charge < -0.3 is 16.2 Å². The maximum absolute atomic E-state index is 11.8. The van der Waals surface area contributed by atoms with Crippen molar-refractivity contribution in [3.63, 3.8) is 0 Å². The lowest BCUT2D eigenvalue weighted by Crippen LogP contribution is -2.34. The molecule has 0 radical (unpaired) electrons. The lowest BCUT2D eigenvalue weighted by molar-refractivity contribution is 0.0864. The number of nitrogens with one attached hydrogen (secondary N) is 1. The maximum atomic E-state index is 11.8. The predicted octanol–water partition coefficient (Wildman–Crippen LogP) is 1.69. The van der Waals surface area contributed by atoms with E-state index in [0.29, 0.717) is 12.1 Å². The Morgan fingerprint density at radius 3 is 2.68 bits per heavy atom. The number of hydrogen-bond donors (Lipinski definition) is 3. The molecule has 6 heteroatoms. The van der Waals surface area contributed by atoms with E-state index >= 15 is 0 Å². The summed E-state index contributed by atoms with van der Waals surface area (Å²) in [6.07, 6.45) is 0.0885. The SMILES string of the molecule is CC(N)c1nc(C(=O)NCC(O)CC(C)(C)C)cs1. The van der Waals surface area contributed by atoms with Crippen LogP contribution in [-0.2, 0) is 0 Å². The Morgan fingerprint density at radius 2 is 2.21 bits per heavy atom. The van der Waals surface area contributed by atoms with Crippen molar-refractivity contribution in [2.45, 2.75) is 46.3 Å². The van der Waals surface area contributed by atoms with Gasteiger partial charge in [-0.25, -0.2) is 4.98 Å². The van der Waals surface area contributed by atoms with Crippen LogP contribution >= 0.6 is 11.3 Å². The first-order valence-electron chi connectivity index (χ1n) is 6.36. The van der Waals surface area contributed by atoms with Gasteiger partial charge in [0.05, 0.1) is 12.1 Å². The van der Waals surface area contributed by atoms with Gasteiger partial charge in [0, 0.05) is 11.9 Å². The summed E-state index contributed by atoms with van der Waals surface area (Å²) in [5.41, 5.74) is 6.09. The minimum absolute atomic E-state index is 0.0346. The first-order valence-corrected chi connectivity index (χ1v) is 7.24. The van der Waals surface area contributed by atoms with Crippen molar-refractivity contribution in [1.82, 2.24) is 10.3 Å². The van der Waals surface area contributed by atoms with Crippen molar-refractivity contribution in [3.05, 3.63) is 16.1 Å². The summed E-state index contributed by atoms with van der Waals surface area (Å²) in [5, 5.41) is 14.9. The highest BCUT2D eigenvalue weighted by Crippen LogP contribution is 2.20. The number of rotatable bonds is 5. The molecular formula is C13H23N3O2S. The highest BCUT2D eigenvalue weighted by molar-refractivity contribution is 7.09. The molecule has 108 valence electrons. The van der Waals surface area contributed by atoms with E-state index in [1.807, 2.05) is 27.7 Å². The molecule has 1 aromatic heterocycles. The summed E-state index contributed by atoms with van der Waals surface area (Å²) in [6.45, 7) is 8.21. The number of nitrogens with two attached hydrogens (primary N) is 1. The fourth-order valence-corrected chi connectivity index (χ4v) is 2.44. The van der Waals surface area contributed by atoms with Crippen LogP contribution in [0.25, 0.3) is 0 Å². The minimum atomic E-state index is -0.546. The highest BCUT2D eigenvalue weighted by atomic mass is 32.1. The van der Waals surface area contributed by atoms with Gasteiger partial charge in [0.1, 0.15) is 10.7 Å². The van der Waals surface area contributed by atoms with Gasteiger partial charge in [0.15, 0.2) is 0 Å². The zero-order chi connectivity index (χ0) is 14.6. The predicted molar refractivity (Wildman–Crippen MR) is 77.1 cm³/mol. The van der Waals surface area contributed by atoms with Gasteiger partial charge >= 0.3 is 0 Å². The summed E-state index contributed by atoms with van der Waals surface area (Å²) in [5.74, 6) is -0.267. The molecule has 0 spiro atoms. The van der Waals surface area contributed by atoms with Crippen LogP contribution in [0.3, 0.4) is 0 Å². The lowest BCUT2D eigenvalue weighted by atomic mass is 9.89. The van der Waals surface area contributed by atoms with Crippen molar-refractivity contribution in [2.75, 3.05) is 6.54 Å². The van der Waals surface area contributed by atoms with E-state index in [0.717, 1.165) is 5.01 Å². The molecule has 5 nitrogen and oxygen atoms in total. The van der Waals surface area contributed by atoms with Crippen molar-refractivity contribution < 1.29 is 9.90 Å². The van der Waals surface area contributed by atoms with Crippen LogP contribution in [0.5, 0.6) is 0 Å². The molecule has 4 N–H and O–H groups in total. The zero-order valence-corrected chi connectivity index (χ0v) is 12.8. The summed E-state index contributed by atoms with van der Waals surface area (Å²) < 4.78 is 0. The number of aliphatic hydroxyl groups is 1. The van der Waals surface area contributed by atoms with E-state index in [-0.39, 0.29) is 23.9 Å². The normalized spacial score (nSPS) is 15.1. The fraction of sp³-hybridized carbons (Fsp3) is 0.692. The van der Waals surface area contributed by atoms with Gasteiger partial charge in [0.2, 0.25) is 0 Å². The second-order valence-electron chi connectivity index (χ2n) is 5.99. The van der Waals surface area contributed by atoms with Crippen LogP contribution in [0.1, 0.15) is 55.7 Å². The standard InChI is InChI=1S/C13H23N3O2S/c1-8(14)12-16-10(7-19-12)11(18)15-6-9(17)5-13(2,3)4/h7-9,17H,5-6,14H2,1-4H3,(H,15,18). The summed E-state index contributed by atoms with van der Waals surface area (Å²) in [6, 6.07) is -0.168. The Hall–Kier alpha value is -0.980. The molecule has 0 aliphatic heterocycles. The molecule has 19 heavy (non-hydrogen) atoms. The van der Waals surface area contributed by atoms with Crippen LogP contribution in [0.4, 0.5) is 0 Å². The second-order valence-corrected chi connectivity index (χ2v) is 6.88. The Kier molecular flexibility index (Phi) is 5.46. The molecule has 1 aromatic rings. The maximum Gasteiger partial charge on any atom is 0.270 e. The Labute approximate surface area is 118 Å². The van der Waals surface area contributed by atoms with Gasteiger partial charge in [0.25, 0.3) is 5.91 Å². The van der Waals surface area contributed by atoms with Crippen molar-refractivity contribution >= 4 is 17.2 Å². The molecule has 0 saturated carbocycles. The molecule has 0 aromatic carbocycles. The van der Waals surface area contributed by atoms with Crippen LogP contribution in [0, 0.1) is 5.41 Å². The van der Waals surface area contributed by atoms with Crippen LogP contribution in [0.2, 0.25) is 0 Å². The van der Waals surface area contributed by atoms with Gasteiger partial charge in [-0.05, 0) is 18.8 Å². The number of hydrogen-bond acceptors (Lipinski definition) is 5. The topological polar surface area (TPSA) is 88.2 Å². The van der Waals surface area contributed by atoms with E-state index in [1.54, 1.807) is 5.38 Å². The van der Waals surface area contributed by atoms with Gasteiger partial charge in [-0.3, -0.25) is 4.79 Å². The zero-order valence-electron chi connectivity index (χ0n) is 11.9. The fourth-order valence-electron chi connectivity index (χ4n) is 1.68. The quantitative estimate of drug-likeness (QED) is 0.768. The molecule has 0 aliphatic carbocycles. The molecule has 1 rings (SSSR count). The molecule has 2 atom stereocenters. The monoisotopic (exact) mass is 285 g/mol. The van der Waals surface area contributed by atoms with Crippen molar-refractivity contribution in [1.29, 1.82) is 0 Å². The van der Waals surface area contributed by atoms with E-state index in [2.05, 4.69) is 10.3 Å². The Balaban J connectivity index is 2.46. The number of aromatic nitrogens is 1. The first-order chi connectivity index (χ1) is 8.69. The minimum Gasteiger partial charge on any atom is -0.391 e. The van der Waals surface area contributed by atoms with Crippen molar-refractivity contribution in [2.24, 2.45) is 11.1 Å². The van der Waals surface area contributed by atoms with E-state index in [9.17, 15) is 9.90 Å². The molecule has 0 fully saturated rings. The molecule has 1 heterocycles. The van der Waals surface area contributed by atoms with Crippen LogP contribution in [0.15, 0.2) is 5.38 Å². The van der Waals surface area contributed by atoms with Crippen LogP contribution in [-0.4, -0.2) is 28.6 Å². The average Bonchev–Trinajstić information content (AvgIpc) is 2.72. The van der Waals surface area contributed by atoms with Gasteiger partial charge in [-0.2, -0.15) is 0 Å². The smallest absolute Gasteiger partial charge is 0.270 e. The van der Waals surface area contributed by atoms with Crippen molar-refractivity contribution in [3.8, 4) is 0 Å². The van der Waals surface area contributed by atoms with Gasteiger partial charge in [-0.1, -0.05) is 20.8 Å².